The van der Waals surface area contributed by atoms with Crippen molar-refractivity contribution in [2.24, 2.45) is 20.0 Å². The Balaban J connectivity index is 0.000000127. The van der Waals surface area contributed by atoms with Crippen molar-refractivity contribution in [3.8, 4) is 33.8 Å². The van der Waals surface area contributed by atoms with Crippen LogP contribution in [0.25, 0.3) is 61.5 Å². The number of rotatable bonds is 15. The molecule has 3 aromatic carbocycles. The molecular formula is C82H87FN20O9. The highest BCUT2D eigenvalue weighted by Gasteiger charge is 2.37. The summed E-state index contributed by atoms with van der Waals surface area (Å²) in [7, 11) is 3.90. The van der Waals surface area contributed by atoms with E-state index in [1.165, 1.54) is 12.1 Å². The Bertz CT molecular complexity index is 5350. The van der Waals surface area contributed by atoms with Crippen LogP contribution in [-0.4, -0.2) is 181 Å². The van der Waals surface area contributed by atoms with E-state index < -0.39 is 16.8 Å². The maximum absolute atomic E-state index is 13.7. The zero-order valence-electron chi connectivity index (χ0n) is 63.3. The van der Waals surface area contributed by atoms with Crippen LogP contribution in [-0.2, 0) is 47.9 Å². The third-order valence-corrected chi connectivity index (χ3v) is 21.6. The second-order valence-corrected chi connectivity index (χ2v) is 30.4. The molecule has 6 aliphatic rings. The summed E-state index contributed by atoms with van der Waals surface area (Å²) in [5.74, 6) is 1.10. The summed E-state index contributed by atoms with van der Waals surface area (Å²) >= 11 is 0. The van der Waals surface area contributed by atoms with Gasteiger partial charge in [-0.05, 0) is 131 Å². The first-order valence-corrected chi connectivity index (χ1v) is 37.3. The monoisotopic (exact) mass is 1510 g/mol. The van der Waals surface area contributed by atoms with E-state index >= 15 is 0 Å². The quantitative estimate of drug-likeness (QED) is 0.0461. The number of nitrogens with zero attached hydrogens (tertiary/aromatic N) is 14. The lowest BCUT2D eigenvalue weighted by Gasteiger charge is -2.39. The molecule has 15 heterocycles. The Morgan fingerprint density at radius 2 is 0.902 bits per heavy atom. The molecule has 0 spiro atoms. The summed E-state index contributed by atoms with van der Waals surface area (Å²) in [6.45, 7) is 18.1. The third kappa shape index (κ3) is 14.9. The minimum Gasteiger partial charge on any atom is -0.390 e. The van der Waals surface area contributed by atoms with E-state index in [9.17, 15) is 34.1 Å². The first kappa shape index (κ1) is 74.1. The Hall–Kier alpha value is -12.1. The lowest BCUT2D eigenvalue weighted by molar-refractivity contribution is -0.0928. The number of fused-ring (bicyclic) bond motifs is 6. The Morgan fingerprint density at radius 1 is 0.473 bits per heavy atom. The summed E-state index contributed by atoms with van der Waals surface area (Å²) in [4.78, 5) is 81.1. The summed E-state index contributed by atoms with van der Waals surface area (Å²) in [5, 5.41) is 51.8. The van der Waals surface area contributed by atoms with Crippen molar-refractivity contribution in [2.45, 2.75) is 90.2 Å². The number of nitrogens with one attached hydrogen (secondary N) is 6. The number of aromatic nitrogens is 11. The molecule has 30 heteroatoms. The van der Waals surface area contributed by atoms with Gasteiger partial charge in [-0.3, -0.25) is 18.8 Å². The number of pyridine rings is 4. The highest BCUT2D eigenvalue weighted by atomic mass is 19.1. The zero-order valence-corrected chi connectivity index (χ0v) is 63.3. The van der Waals surface area contributed by atoms with Gasteiger partial charge in [0, 0.05) is 131 Å². The van der Waals surface area contributed by atoms with Crippen LogP contribution in [0.3, 0.4) is 0 Å². The largest absolute Gasteiger partial charge is 0.390 e. The van der Waals surface area contributed by atoms with E-state index in [0.29, 0.717) is 129 Å². The molecule has 18 rings (SSSR count). The summed E-state index contributed by atoms with van der Waals surface area (Å²) < 4.78 is 36.6. The van der Waals surface area contributed by atoms with Gasteiger partial charge in [0.25, 0.3) is 17.7 Å². The van der Waals surface area contributed by atoms with Gasteiger partial charge in [0.15, 0.2) is 0 Å². The molecule has 0 aliphatic carbocycles. The second kappa shape index (κ2) is 30.0. The minimum atomic E-state index is -0.918. The summed E-state index contributed by atoms with van der Waals surface area (Å²) in [5.41, 5.74) is 13.9. The van der Waals surface area contributed by atoms with Gasteiger partial charge in [-0.2, -0.15) is 0 Å². The van der Waals surface area contributed by atoms with Crippen LogP contribution >= 0.6 is 0 Å². The number of carbonyl (C=O) groups is 3. The number of carbonyl (C=O) groups excluding carboxylic acids is 3. The van der Waals surface area contributed by atoms with Crippen LogP contribution in [0.5, 0.6) is 0 Å². The number of aryl methyl sites for hydroxylation is 2. The molecule has 112 heavy (non-hydrogen) atoms. The molecule has 3 amide bonds. The van der Waals surface area contributed by atoms with Gasteiger partial charge in [-0.25, -0.2) is 44.3 Å². The normalized spacial score (nSPS) is 17.7. The number of halogens is 1. The maximum Gasteiger partial charge on any atom is 0.254 e. The summed E-state index contributed by atoms with van der Waals surface area (Å²) in [6, 6.07) is 30.0. The Morgan fingerprint density at radius 3 is 1.33 bits per heavy atom. The smallest absolute Gasteiger partial charge is 0.254 e. The van der Waals surface area contributed by atoms with Crippen LogP contribution in [0, 0.1) is 11.7 Å². The number of anilines is 9. The topological polar surface area (TPSA) is 339 Å². The molecule has 29 nitrogen and oxygen atoms in total. The standard InChI is InChI=1S/C28H29FN6O3.2C27H29N7O3/c1-28(2,37)17-15-34(9-10-38-16-17)19-3-6-24(30-12-19)33-22-5-4-20(21-13-32-27(36)26(21)22)23-14-31-25-11-18(29)7-8-35(23)25;2*1-27(2,36)21-14-34(10-11-37-21)16-4-7-22(28-12-16)32-20-6-5-17(19-13-29-26(35)23(19)20)24-18-8-9-33(3)25(18)31-15-30-24/h3-8,11-12,14,17,37H,9-10,13,15-16H2,1-2H3,(H,30,33)(H,32,36);2*4-9,12,15,21,36H,10-11,13-14H2,1-3H3,(H,28,32)(H,29,35)/t17-;2*21-/m110/s1. The third-order valence-electron chi connectivity index (χ3n) is 21.6. The number of hydrogen-bond donors (Lipinski definition) is 9. The van der Waals surface area contributed by atoms with E-state index in [2.05, 4.69) is 86.5 Å². The molecule has 6 aliphatic heterocycles. The molecule has 3 fully saturated rings. The number of morpholine rings is 2. The van der Waals surface area contributed by atoms with Crippen molar-refractivity contribution < 1.29 is 48.3 Å². The highest BCUT2D eigenvalue weighted by Crippen LogP contribution is 2.41. The first-order chi connectivity index (χ1) is 53.9. The molecular weight excluding hydrogens is 1430 g/mol. The van der Waals surface area contributed by atoms with Crippen LogP contribution in [0.4, 0.5) is 56.0 Å². The number of imidazole rings is 1. The second-order valence-electron chi connectivity index (χ2n) is 30.4. The van der Waals surface area contributed by atoms with Gasteiger partial charge in [-0.1, -0.05) is 18.2 Å². The van der Waals surface area contributed by atoms with Crippen molar-refractivity contribution >= 4 is 97.0 Å². The van der Waals surface area contributed by atoms with Gasteiger partial charge in [-0.15, -0.1) is 0 Å². The lowest BCUT2D eigenvalue weighted by atomic mass is 9.91. The molecule has 12 aromatic rings. The van der Waals surface area contributed by atoms with E-state index in [0.717, 1.165) is 103 Å². The molecule has 9 aromatic heterocycles. The lowest BCUT2D eigenvalue weighted by Crippen LogP contribution is -2.52. The fraction of sp³-hybridized carbons (Fsp3) is 0.329. The Kier molecular flexibility index (Phi) is 19.8. The molecule has 9 N–H and O–H groups in total. The predicted octanol–water partition coefficient (Wildman–Crippen LogP) is 9.73. The van der Waals surface area contributed by atoms with Gasteiger partial charge >= 0.3 is 0 Å². The first-order valence-electron chi connectivity index (χ1n) is 37.3. The van der Waals surface area contributed by atoms with Crippen molar-refractivity contribution in [1.82, 2.24) is 69.4 Å². The number of benzene rings is 3. The van der Waals surface area contributed by atoms with Crippen LogP contribution in [0.15, 0.2) is 153 Å². The van der Waals surface area contributed by atoms with Crippen LogP contribution in [0.2, 0.25) is 0 Å². The van der Waals surface area contributed by atoms with E-state index in [-0.39, 0.29) is 41.7 Å². The number of hydrogen-bond acceptors (Lipinski definition) is 23. The minimum absolute atomic E-state index is 0.0191. The fourth-order valence-electron chi connectivity index (χ4n) is 15.2. The van der Waals surface area contributed by atoms with Gasteiger partial charge < -0.3 is 85.3 Å². The number of ether oxygens (including phenoxy) is 3. The fourth-order valence-corrected chi connectivity index (χ4v) is 15.2. The number of aliphatic hydroxyl groups is 3. The van der Waals surface area contributed by atoms with E-state index in [1.54, 1.807) is 71.3 Å². The average molecular weight is 1520 g/mol. The van der Waals surface area contributed by atoms with Gasteiger partial charge in [0.1, 0.15) is 65.1 Å². The predicted molar refractivity (Wildman–Crippen MR) is 424 cm³/mol. The maximum atomic E-state index is 13.7. The SMILES string of the molecule is CC(C)(O)[C@H]1COCCN(c2ccc(Nc3ccc(-c4cnc5cc(F)ccn45)c4c3C(=O)NC4)nc2)C1.Cn1ccc2c(-c3ccc(Nc4ccc(N5CCO[C@@H](C(C)(C)O)C5)cn4)c4c3CNC4=O)ncnc21.Cn1ccc2c(-c3ccc(Nc4ccc(N5CCO[C@H](C(C)(C)O)C5)cn4)c4c3CNC4=O)ncnc21. The zero-order chi connectivity index (χ0) is 77.9. The van der Waals surface area contributed by atoms with Gasteiger partial charge in [0.2, 0.25) is 0 Å². The average Bonchev–Trinajstić information content (AvgIpc) is 1.62. The van der Waals surface area contributed by atoms with Crippen LogP contribution in [0.1, 0.15) is 89.3 Å². The van der Waals surface area contributed by atoms with Crippen molar-refractivity contribution in [1.29, 1.82) is 0 Å². The molecule has 3 atom stereocenters. The molecule has 0 bridgehead atoms. The molecule has 3 saturated heterocycles. The summed E-state index contributed by atoms with van der Waals surface area (Å²) in [6.07, 6.45) is 15.2. The molecule has 0 saturated carbocycles. The van der Waals surface area contributed by atoms with Gasteiger partial charge in [0.05, 0.1) is 136 Å². The van der Waals surface area contributed by atoms with Crippen molar-refractivity contribution in [3.63, 3.8) is 0 Å². The van der Waals surface area contributed by atoms with E-state index in [4.69, 9.17) is 14.2 Å². The molecule has 576 valence electrons. The molecule has 0 unspecified atom stereocenters. The Labute approximate surface area is 644 Å². The molecule has 0 radical (unpaired) electrons. The van der Waals surface area contributed by atoms with Crippen molar-refractivity contribution in [3.05, 3.63) is 192 Å². The van der Waals surface area contributed by atoms with E-state index in [1.807, 2.05) is 139 Å². The number of amides is 3. The van der Waals surface area contributed by atoms with Crippen LogP contribution < -0.4 is 46.6 Å². The highest BCUT2D eigenvalue weighted by molar-refractivity contribution is 6.09. The van der Waals surface area contributed by atoms with Crippen molar-refractivity contribution in [2.75, 3.05) is 96.3 Å².